The maximum atomic E-state index is 10.8. The molecule has 2 N–H and O–H groups in total. The normalized spacial score (nSPS) is 10.0. The summed E-state index contributed by atoms with van der Waals surface area (Å²) in [7, 11) is 0. The molecule has 1 heterocycles. The number of carbonyl (C=O) groups is 1. The van der Waals surface area contributed by atoms with Gasteiger partial charge in [0.1, 0.15) is 11.3 Å². The number of aryl methyl sites for hydroxylation is 2. The third-order valence-corrected chi connectivity index (χ3v) is 1.51. The molecule has 60 valence electrons. The standard InChI is InChI=1S/C7H10N2O2/c1-3-5-6(7(8)10)4(2)11-9-5/h3H2,1-2H3,(H2,8,10). The maximum absolute atomic E-state index is 10.8. The Bertz CT molecular complexity index is 278. The minimum atomic E-state index is -0.472. The van der Waals surface area contributed by atoms with Crippen LogP contribution in [0.2, 0.25) is 0 Å². The highest BCUT2D eigenvalue weighted by atomic mass is 16.5. The summed E-state index contributed by atoms with van der Waals surface area (Å²) in [6, 6.07) is 0. The van der Waals surface area contributed by atoms with Crippen LogP contribution in [0.3, 0.4) is 0 Å². The van der Waals surface area contributed by atoms with E-state index < -0.39 is 5.91 Å². The van der Waals surface area contributed by atoms with E-state index in [0.717, 1.165) is 0 Å². The zero-order valence-electron chi connectivity index (χ0n) is 6.55. The van der Waals surface area contributed by atoms with Gasteiger partial charge in [0.05, 0.1) is 5.69 Å². The van der Waals surface area contributed by atoms with Crippen LogP contribution in [0, 0.1) is 6.92 Å². The lowest BCUT2D eigenvalue weighted by atomic mass is 10.1. The fourth-order valence-electron chi connectivity index (χ4n) is 0.975. The van der Waals surface area contributed by atoms with Crippen LogP contribution in [0.5, 0.6) is 0 Å². The first-order valence-corrected chi connectivity index (χ1v) is 3.41. The smallest absolute Gasteiger partial charge is 0.254 e. The van der Waals surface area contributed by atoms with Gasteiger partial charge < -0.3 is 10.3 Å². The second-order valence-corrected chi connectivity index (χ2v) is 2.28. The summed E-state index contributed by atoms with van der Waals surface area (Å²) < 4.78 is 4.80. The topological polar surface area (TPSA) is 69.1 Å². The Morgan fingerprint density at radius 3 is 2.73 bits per heavy atom. The van der Waals surface area contributed by atoms with Crippen molar-refractivity contribution in [3.8, 4) is 0 Å². The van der Waals surface area contributed by atoms with E-state index in [-0.39, 0.29) is 0 Å². The van der Waals surface area contributed by atoms with Crippen LogP contribution in [0.1, 0.15) is 28.7 Å². The molecule has 0 bridgehead atoms. The number of hydrogen-bond donors (Lipinski definition) is 1. The van der Waals surface area contributed by atoms with Crippen molar-refractivity contribution in [1.82, 2.24) is 5.16 Å². The quantitative estimate of drug-likeness (QED) is 0.679. The second-order valence-electron chi connectivity index (χ2n) is 2.28. The van der Waals surface area contributed by atoms with Crippen LogP contribution in [-0.2, 0) is 6.42 Å². The largest absolute Gasteiger partial charge is 0.365 e. The molecule has 0 aromatic carbocycles. The van der Waals surface area contributed by atoms with Crippen molar-refractivity contribution in [3.63, 3.8) is 0 Å². The Morgan fingerprint density at radius 2 is 2.36 bits per heavy atom. The van der Waals surface area contributed by atoms with Gasteiger partial charge in [-0.15, -0.1) is 0 Å². The van der Waals surface area contributed by atoms with Crippen LogP contribution in [0.15, 0.2) is 4.52 Å². The molecule has 1 amide bonds. The number of nitrogens with two attached hydrogens (primary N) is 1. The number of primary amides is 1. The first-order chi connectivity index (χ1) is 5.16. The molecule has 1 aromatic rings. The highest BCUT2D eigenvalue weighted by Crippen LogP contribution is 2.12. The molecule has 0 saturated heterocycles. The molecular formula is C7H10N2O2. The number of hydrogen-bond acceptors (Lipinski definition) is 3. The van der Waals surface area contributed by atoms with Crippen molar-refractivity contribution >= 4 is 5.91 Å². The summed E-state index contributed by atoms with van der Waals surface area (Å²) in [4.78, 5) is 10.8. The molecule has 0 atom stereocenters. The Labute approximate surface area is 64.4 Å². The molecule has 11 heavy (non-hydrogen) atoms. The summed E-state index contributed by atoms with van der Waals surface area (Å²) in [5, 5.41) is 3.68. The molecule has 0 aliphatic rings. The van der Waals surface area contributed by atoms with E-state index in [1.54, 1.807) is 6.92 Å². The van der Waals surface area contributed by atoms with E-state index >= 15 is 0 Å². The van der Waals surface area contributed by atoms with Crippen LogP contribution < -0.4 is 5.73 Å². The zero-order chi connectivity index (χ0) is 8.43. The van der Waals surface area contributed by atoms with Crippen molar-refractivity contribution in [2.45, 2.75) is 20.3 Å². The summed E-state index contributed by atoms with van der Waals surface area (Å²) in [6.07, 6.45) is 0.662. The molecule has 0 spiro atoms. The summed E-state index contributed by atoms with van der Waals surface area (Å²) in [5.74, 6) is 0.0231. The lowest BCUT2D eigenvalue weighted by Gasteiger charge is -1.91. The fourth-order valence-corrected chi connectivity index (χ4v) is 0.975. The number of amides is 1. The average Bonchev–Trinajstić information content (AvgIpc) is 2.30. The van der Waals surface area contributed by atoms with Gasteiger partial charge in [-0.05, 0) is 13.3 Å². The Balaban J connectivity index is 3.17. The Hall–Kier alpha value is -1.32. The number of aromatic nitrogens is 1. The number of nitrogens with zero attached hydrogens (tertiary/aromatic N) is 1. The van der Waals surface area contributed by atoms with Crippen molar-refractivity contribution in [3.05, 3.63) is 17.0 Å². The molecule has 0 aliphatic carbocycles. The average molecular weight is 154 g/mol. The summed E-state index contributed by atoms with van der Waals surface area (Å²) in [5.41, 5.74) is 6.15. The zero-order valence-corrected chi connectivity index (χ0v) is 6.55. The van der Waals surface area contributed by atoms with E-state index in [2.05, 4.69) is 5.16 Å². The molecule has 0 aliphatic heterocycles. The lowest BCUT2D eigenvalue weighted by Crippen LogP contribution is -2.13. The Kier molecular flexibility index (Phi) is 1.94. The van der Waals surface area contributed by atoms with Gasteiger partial charge in [0.25, 0.3) is 5.91 Å². The van der Waals surface area contributed by atoms with Crippen LogP contribution in [0.25, 0.3) is 0 Å². The molecule has 1 aromatic heterocycles. The molecule has 1 rings (SSSR count). The van der Waals surface area contributed by atoms with Gasteiger partial charge in [-0.3, -0.25) is 4.79 Å². The van der Waals surface area contributed by atoms with Gasteiger partial charge in [-0.2, -0.15) is 0 Å². The molecule has 0 saturated carbocycles. The van der Waals surface area contributed by atoms with E-state index in [1.165, 1.54) is 0 Å². The minimum Gasteiger partial charge on any atom is -0.365 e. The molecule has 0 fully saturated rings. The maximum Gasteiger partial charge on any atom is 0.254 e. The second kappa shape index (κ2) is 2.74. The molecule has 4 heteroatoms. The number of rotatable bonds is 2. The van der Waals surface area contributed by atoms with Gasteiger partial charge in [-0.25, -0.2) is 0 Å². The molecule has 4 nitrogen and oxygen atoms in total. The summed E-state index contributed by atoms with van der Waals surface area (Å²) >= 11 is 0. The third kappa shape index (κ3) is 1.24. The molecule has 0 unspecified atom stereocenters. The van der Waals surface area contributed by atoms with Gasteiger partial charge in [0.2, 0.25) is 0 Å². The SMILES string of the molecule is CCc1noc(C)c1C(N)=O. The highest BCUT2D eigenvalue weighted by molar-refractivity contribution is 5.94. The minimum absolute atomic E-state index is 0.424. The van der Waals surface area contributed by atoms with Crippen molar-refractivity contribution < 1.29 is 9.32 Å². The van der Waals surface area contributed by atoms with Crippen molar-refractivity contribution in [2.24, 2.45) is 5.73 Å². The van der Waals surface area contributed by atoms with Gasteiger partial charge >= 0.3 is 0 Å². The first-order valence-electron chi connectivity index (χ1n) is 3.41. The van der Waals surface area contributed by atoms with Crippen LogP contribution in [-0.4, -0.2) is 11.1 Å². The first kappa shape index (κ1) is 7.78. The Morgan fingerprint density at radius 1 is 1.73 bits per heavy atom. The fraction of sp³-hybridized carbons (Fsp3) is 0.429. The van der Waals surface area contributed by atoms with E-state index in [0.29, 0.717) is 23.4 Å². The third-order valence-electron chi connectivity index (χ3n) is 1.51. The van der Waals surface area contributed by atoms with Crippen LogP contribution in [0.4, 0.5) is 0 Å². The van der Waals surface area contributed by atoms with Gasteiger partial charge in [-0.1, -0.05) is 12.1 Å². The predicted molar refractivity (Wildman–Crippen MR) is 39.1 cm³/mol. The highest BCUT2D eigenvalue weighted by Gasteiger charge is 2.15. The van der Waals surface area contributed by atoms with Gasteiger partial charge in [0, 0.05) is 0 Å². The van der Waals surface area contributed by atoms with Crippen LogP contribution >= 0.6 is 0 Å². The molecular weight excluding hydrogens is 144 g/mol. The van der Waals surface area contributed by atoms with Crippen molar-refractivity contribution in [1.29, 1.82) is 0 Å². The monoisotopic (exact) mass is 154 g/mol. The van der Waals surface area contributed by atoms with E-state index in [9.17, 15) is 4.79 Å². The number of carbonyl (C=O) groups excluding carboxylic acids is 1. The summed E-state index contributed by atoms with van der Waals surface area (Å²) in [6.45, 7) is 3.57. The predicted octanol–water partition coefficient (Wildman–Crippen LogP) is 0.644. The van der Waals surface area contributed by atoms with E-state index in [4.69, 9.17) is 10.3 Å². The van der Waals surface area contributed by atoms with E-state index in [1.807, 2.05) is 6.92 Å². The van der Waals surface area contributed by atoms with Crippen molar-refractivity contribution in [2.75, 3.05) is 0 Å². The lowest BCUT2D eigenvalue weighted by molar-refractivity contribution is 0.0998. The molecule has 0 radical (unpaired) electrons. The van der Waals surface area contributed by atoms with Gasteiger partial charge in [0.15, 0.2) is 0 Å².